The number of hydrogen-bond donors (Lipinski definition) is 1. The monoisotopic (exact) mass is 300 g/mol. The Kier molecular flexibility index (Phi) is 3.87. The molecule has 108 valence electrons. The molecule has 3 aromatic heterocycles. The van der Waals surface area contributed by atoms with Crippen molar-refractivity contribution in [2.24, 2.45) is 0 Å². The predicted octanol–water partition coefficient (Wildman–Crippen LogP) is 2.47. The summed E-state index contributed by atoms with van der Waals surface area (Å²) in [4.78, 5) is 17.5. The van der Waals surface area contributed by atoms with E-state index in [0.29, 0.717) is 12.2 Å². The zero-order chi connectivity index (χ0) is 14.7. The van der Waals surface area contributed by atoms with Gasteiger partial charge in [-0.1, -0.05) is 0 Å². The molecule has 0 aliphatic rings. The molecule has 0 unspecified atom stereocenters. The summed E-state index contributed by atoms with van der Waals surface area (Å²) < 4.78 is 3.94. The molecule has 0 aliphatic heterocycles. The fraction of sp³-hybridized carbons (Fsp3) is 0.200. The van der Waals surface area contributed by atoms with E-state index in [4.69, 9.17) is 0 Å². The van der Waals surface area contributed by atoms with Crippen molar-refractivity contribution < 1.29 is 4.79 Å². The first-order valence-electron chi connectivity index (χ1n) is 6.74. The van der Waals surface area contributed by atoms with Crippen LogP contribution in [-0.2, 0) is 6.54 Å². The summed E-state index contributed by atoms with van der Waals surface area (Å²) in [5.41, 5.74) is 0.510. The highest BCUT2D eigenvalue weighted by atomic mass is 32.1. The highest BCUT2D eigenvalue weighted by molar-refractivity contribution is 7.14. The SMILES string of the molecule is Cc1sc(-n2cccc2)nc1C(=O)NCCn1cccc1. The van der Waals surface area contributed by atoms with Crippen molar-refractivity contribution in [2.75, 3.05) is 6.54 Å². The molecule has 0 aromatic carbocycles. The van der Waals surface area contributed by atoms with Crippen LogP contribution in [0.15, 0.2) is 49.1 Å². The van der Waals surface area contributed by atoms with Crippen LogP contribution in [0.5, 0.6) is 0 Å². The Bertz CT molecular complexity index is 713. The second kappa shape index (κ2) is 5.97. The number of nitrogens with one attached hydrogen (secondary N) is 1. The summed E-state index contributed by atoms with van der Waals surface area (Å²) in [6.07, 6.45) is 7.80. The van der Waals surface area contributed by atoms with Crippen molar-refractivity contribution >= 4 is 17.2 Å². The summed E-state index contributed by atoms with van der Waals surface area (Å²) in [5, 5.41) is 3.72. The smallest absolute Gasteiger partial charge is 0.271 e. The molecule has 3 heterocycles. The van der Waals surface area contributed by atoms with Crippen LogP contribution in [0.25, 0.3) is 5.13 Å². The molecule has 0 saturated carbocycles. The van der Waals surface area contributed by atoms with Gasteiger partial charge < -0.3 is 14.5 Å². The van der Waals surface area contributed by atoms with Crippen LogP contribution in [0.2, 0.25) is 0 Å². The Balaban J connectivity index is 1.64. The summed E-state index contributed by atoms with van der Waals surface area (Å²) in [6.45, 7) is 3.27. The lowest BCUT2D eigenvalue weighted by atomic mass is 10.3. The first-order valence-corrected chi connectivity index (χ1v) is 7.55. The maximum atomic E-state index is 12.2. The van der Waals surface area contributed by atoms with E-state index in [9.17, 15) is 4.79 Å². The van der Waals surface area contributed by atoms with Crippen LogP contribution in [0, 0.1) is 6.92 Å². The number of nitrogens with zero attached hydrogens (tertiary/aromatic N) is 3. The predicted molar refractivity (Wildman–Crippen MR) is 82.9 cm³/mol. The molecule has 0 fully saturated rings. The number of aryl methyl sites for hydroxylation is 1. The van der Waals surface area contributed by atoms with Gasteiger partial charge in [-0.05, 0) is 31.2 Å². The van der Waals surface area contributed by atoms with Crippen molar-refractivity contribution in [3.63, 3.8) is 0 Å². The summed E-state index contributed by atoms with van der Waals surface area (Å²) in [6, 6.07) is 7.81. The van der Waals surface area contributed by atoms with Gasteiger partial charge in [0.15, 0.2) is 5.13 Å². The van der Waals surface area contributed by atoms with Gasteiger partial charge in [-0.2, -0.15) is 0 Å². The van der Waals surface area contributed by atoms with Crippen molar-refractivity contribution in [3.05, 3.63) is 59.6 Å². The molecule has 0 aliphatic carbocycles. The number of thiazole rings is 1. The minimum absolute atomic E-state index is 0.116. The average molecular weight is 300 g/mol. The quantitative estimate of drug-likeness (QED) is 0.787. The first kappa shape index (κ1) is 13.6. The zero-order valence-corrected chi connectivity index (χ0v) is 12.5. The van der Waals surface area contributed by atoms with Gasteiger partial charge in [-0.15, -0.1) is 11.3 Å². The Labute approximate surface area is 126 Å². The molecule has 1 amide bonds. The van der Waals surface area contributed by atoms with E-state index in [1.165, 1.54) is 11.3 Å². The van der Waals surface area contributed by atoms with Gasteiger partial charge in [0.2, 0.25) is 0 Å². The standard InChI is InChI=1S/C15H16N4OS/c1-12-13(17-15(21-12)19-9-4-5-10-19)14(20)16-6-11-18-7-2-3-8-18/h2-5,7-10H,6,11H2,1H3,(H,16,20). The molecule has 0 atom stereocenters. The molecule has 0 bridgehead atoms. The van der Waals surface area contributed by atoms with E-state index in [1.807, 2.05) is 65.1 Å². The number of aromatic nitrogens is 3. The van der Waals surface area contributed by atoms with Gasteiger partial charge in [-0.3, -0.25) is 4.79 Å². The maximum absolute atomic E-state index is 12.2. The van der Waals surface area contributed by atoms with Crippen LogP contribution in [-0.4, -0.2) is 26.6 Å². The molecular weight excluding hydrogens is 284 g/mol. The highest BCUT2D eigenvalue weighted by Crippen LogP contribution is 2.21. The fourth-order valence-corrected chi connectivity index (χ4v) is 2.94. The third kappa shape index (κ3) is 3.05. The largest absolute Gasteiger partial charge is 0.353 e. The van der Waals surface area contributed by atoms with Crippen LogP contribution in [0.4, 0.5) is 0 Å². The first-order chi connectivity index (χ1) is 10.2. The number of hydrogen-bond acceptors (Lipinski definition) is 3. The van der Waals surface area contributed by atoms with Crippen LogP contribution < -0.4 is 5.32 Å². The minimum Gasteiger partial charge on any atom is -0.353 e. The van der Waals surface area contributed by atoms with Gasteiger partial charge in [-0.25, -0.2) is 4.98 Å². The van der Waals surface area contributed by atoms with E-state index >= 15 is 0 Å². The van der Waals surface area contributed by atoms with Gasteiger partial charge in [0.05, 0.1) is 0 Å². The Morgan fingerprint density at radius 2 is 1.86 bits per heavy atom. The molecule has 3 aromatic rings. The molecule has 0 radical (unpaired) electrons. The van der Waals surface area contributed by atoms with Crippen LogP contribution in [0.1, 0.15) is 15.4 Å². The van der Waals surface area contributed by atoms with E-state index in [-0.39, 0.29) is 5.91 Å². The van der Waals surface area contributed by atoms with E-state index in [1.54, 1.807) is 0 Å². The fourth-order valence-electron chi connectivity index (χ4n) is 2.07. The Morgan fingerprint density at radius 1 is 1.19 bits per heavy atom. The number of carbonyl (C=O) groups excluding carboxylic acids is 1. The molecular formula is C15H16N4OS. The van der Waals surface area contributed by atoms with Crippen molar-refractivity contribution in [2.45, 2.75) is 13.5 Å². The Hall–Kier alpha value is -2.34. The lowest BCUT2D eigenvalue weighted by Crippen LogP contribution is -2.27. The van der Waals surface area contributed by atoms with Gasteiger partial charge >= 0.3 is 0 Å². The molecule has 5 nitrogen and oxygen atoms in total. The minimum atomic E-state index is -0.116. The lowest BCUT2D eigenvalue weighted by Gasteiger charge is -2.05. The molecule has 0 saturated heterocycles. The van der Waals surface area contributed by atoms with Crippen LogP contribution >= 0.6 is 11.3 Å². The third-order valence-corrected chi connectivity index (χ3v) is 4.13. The molecule has 6 heteroatoms. The van der Waals surface area contributed by atoms with Gasteiger partial charge in [0.1, 0.15) is 5.69 Å². The second-order valence-electron chi connectivity index (χ2n) is 4.67. The highest BCUT2D eigenvalue weighted by Gasteiger charge is 2.15. The zero-order valence-electron chi connectivity index (χ0n) is 11.7. The molecule has 0 spiro atoms. The van der Waals surface area contributed by atoms with Crippen molar-refractivity contribution in [1.82, 2.24) is 19.4 Å². The average Bonchev–Trinajstić information content (AvgIpc) is 3.19. The van der Waals surface area contributed by atoms with Gasteiger partial charge in [0, 0.05) is 42.8 Å². The molecule has 3 rings (SSSR count). The van der Waals surface area contributed by atoms with E-state index in [0.717, 1.165) is 16.6 Å². The van der Waals surface area contributed by atoms with Crippen molar-refractivity contribution in [1.29, 1.82) is 0 Å². The second-order valence-corrected chi connectivity index (χ2v) is 5.85. The van der Waals surface area contributed by atoms with E-state index < -0.39 is 0 Å². The Morgan fingerprint density at radius 3 is 2.57 bits per heavy atom. The number of rotatable bonds is 5. The molecule has 1 N–H and O–H groups in total. The topological polar surface area (TPSA) is 51.9 Å². The summed E-state index contributed by atoms with van der Waals surface area (Å²) >= 11 is 1.52. The third-order valence-electron chi connectivity index (χ3n) is 3.15. The van der Waals surface area contributed by atoms with Crippen LogP contribution in [0.3, 0.4) is 0 Å². The van der Waals surface area contributed by atoms with Gasteiger partial charge in [0.25, 0.3) is 5.91 Å². The number of carbonyl (C=O) groups is 1. The summed E-state index contributed by atoms with van der Waals surface area (Å²) in [5.74, 6) is -0.116. The summed E-state index contributed by atoms with van der Waals surface area (Å²) in [7, 11) is 0. The normalized spacial score (nSPS) is 10.7. The maximum Gasteiger partial charge on any atom is 0.271 e. The molecule has 21 heavy (non-hydrogen) atoms. The van der Waals surface area contributed by atoms with Crippen molar-refractivity contribution in [3.8, 4) is 5.13 Å². The number of amides is 1. The van der Waals surface area contributed by atoms with E-state index in [2.05, 4.69) is 10.3 Å². The lowest BCUT2D eigenvalue weighted by molar-refractivity contribution is 0.0947.